The van der Waals surface area contributed by atoms with Crippen LogP contribution in [0.5, 0.6) is 0 Å². The van der Waals surface area contributed by atoms with Crippen molar-refractivity contribution in [2.45, 2.75) is 26.2 Å². The molecule has 62 valence electrons. The first kappa shape index (κ1) is 10.2. The Morgan fingerprint density at radius 3 is 2.18 bits per heavy atom. The quantitative estimate of drug-likeness (QED) is 0.623. The molecule has 0 aliphatic carbocycles. The minimum atomic E-state index is 0. The van der Waals surface area contributed by atoms with E-state index in [9.17, 15) is 0 Å². The average molecular weight is 152 g/mol. The Kier molecular flexibility index (Phi) is 4.55. The SMILES string of the molecule is CCC(C)c1ccccc1.O. The first-order chi connectivity index (χ1) is 4.84. The van der Waals surface area contributed by atoms with E-state index >= 15 is 0 Å². The molecular formula is C10H16O. The van der Waals surface area contributed by atoms with Crippen LogP contribution in [0.1, 0.15) is 31.7 Å². The summed E-state index contributed by atoms with van der Waals surface area (Å²) in [5.41, 5.74) is 1.45. The Labute approximate surface area is 68.4 Å². The minimum absolute atomic E-state index is 0. The van der Waals surface area contributed by atoms with Gasteiger partial charge in [0.2, 0.25) is 0 Å². The summed E-state index contributed by atoms with van der Waals surface area (Å²) >= 11 is 0. The molecule has 0 aromatic heterocycles. The molecule has 0 saturated heterocycles. The van der Waals surface area contributed by atoms with Crippen LogP contribution in [-0.2, 0) is 0 Å². The molecule has 2 N–H and O–H groups in total. The van der Waals surface area contributed by atoms with Gasteiger partial charge in [-0.3, -0.25) is 0 Å². The molecule has 0 saturated carbocycles. The highest BCUT2D eigenvalue weighted by Gasteiger charge is 1.98. The Morgan fingerprint density at radius 1 is 1.18 bits per heavy atom. The van der Waals surface area contributed by atoms with Crippen LogP contribution in [-0.4, -0.2) is 5.48 Å². The second kappa shape index (κ2) is 4.91. The summed E-state index contributed by atoms with van der Waals surface area (Å²) in [7, 11) is 0. The van der Waals surface area contributed by atoms with Gasteiger partial charge < -0.3 is 5.48 Å². The summed E-state index contributed by atoms with van der Waals surface area (Å²) in [5.74, 6) is 0.709. The molecule has 11 heavy (non-hydrogen) atoms. The third kappa shape index (κ3) is 2.72. The summed E-state index contributed by atoms with van der Waals surface area (Å²) in [5, 5.41) is 0. The summed E-state index contributed by atoms with van der Waals surface area (Å²) in [6, 6.07) is 10.6. The molecule has 0 aliphatic heterocycles. The van der Waals surface area contributed by atoms with Crippen molar-refractivity contribution < 1.29 is 5.48 Å². The molecule has 0 amide bonds. The molecule has 0 bridgehead atoms. The zero-order valence-corrected chi connectivity index (χ0v) is 7.17. The fourth-order valence-corrected chi connectivity index (χ4v) is 1.02. The summed E-state index contributed by atoms with van der Waals surface area (Å²) < 4.78 is 0. The van der Waals surface area contributed by atoms with Crippen LogP contribution in [0.2, 0.25) is 0 Å². The van der Waals surface area contributed by atoms with E-state index < -0.39 is 0 Å². The number of benzene rings is 1. The molecule has 1 nitrogen and oxygen atoms in total. The fraction of sp³-hybridized carbons (Fsp3) is 0.400. The van der Waals surface area contributed by atoms with E-state index in [1.807, 2.05) is 0 Å². The van der Waals surface area contributed by atoms with Crippen LogP contribution in [0.4, 0.5) is 0 Å². The van der Waals surface area contributed by atoms with Gasteiger partial charge in [-0.2, -0.15) is 0 Å². The summed E-state index contributed by atoms with van der Waals surface area (Å²) in [4.78, 5) is 0. The van der Waals surface area contributed by atoms with Gasteiger partial charge in [-0.1, -0.05) is 44.2 Å². The topological polar surface area (TPSA) is 31.5 Å². The van der Waals surface area contributed by atoms with Crippen molar-refractivity contribution in [2.24, 2.45) is 0 Å². The largest absolute Gasteiger partial charge is 0.412 e. The summed E-state index contributed by atoms with van der Waals surface area (Å²) in [6.07, 6.45) is 1.23. The van der Waals surface area contributed by atoms with Crippen molar-refractivity contribution in [3.63, 3.8) is 0 Å². The fourth-order valence-electron chi connectivity index (χ4n) is 1.02. The number of rotatable bonds is 2. The maximum absolute atomic E-state index is 2.26. The second-order valence-corrected chi connectivity index (χ2v) is 2.72. The molecule has 0 radical (unpaired) electrons. The van der Waals surface area contributed by atoms with Crippen LogP contribution >= 0.6 is 0 Å². The van der Waals surface area contributed by atoms with E-state index in [2.05, 4.69) is 44.2 Å². The lowest BCUT2D eigenvalue weighted by atomic mass is 9.99. The highest BCUT2D eigenvalue weighted by atomic mass is 16.0. The van der Waals surface area contributed by atoms with Gasteiger partial charge in [0.1, 0.15) is 0 Å². The van der Waals surface area contributed by atoms with Crippen molar-refractivity contribution >= 4 is 0 Å². The van der Waals surface area contributed by atoms with Gasteiger partial charge in [0.15, 0.2) is 0 Å². The van der Waals surface area contributed by atoms with Crippen LogP contribution in [0.15, 0.2) is 30.3 Å². The molecule has 0 fully saturated rings. The zero-order chi connectivity index (χ0) is 7.40. The first-order valence-corrected chi connectivity index (χ1v) is 3.89. The average Bonchev–Trinajstić information content (AvgIpc) is 2.05. The van der Waals surface area contributed by atoms with Gasteiger partial charge in [0.05, 0.1) is 0 Å². The Balaban J connectivity index is 0.000001000. The summed E-state index contributed by atoms with van der Waals surface area (Å²) in [6.45, 7) is 4.48. The number of hydrogen-bond acceptors (Lipinski definition) is 0. The van der Waals surface area contributed by atoms with Crippen molar-refractivity contribution in [1.82, 2.24) is 0 Å². The smallest absolute Gasteiger partial charge is 0.0193 e. The van der Waals surface area contributed by atoms with Gasteiger partial charge in [-0.25, -0.2) is 0 Å². The van der Waals surface area contributed by atoms with Crippen LogP contribution in [0.3, 0.4) is 0 Å². The van der Waals surface area contributed by atoms with Crippen LogP contribution in [0, 0.1) is 0 Å². The lowest BCUT2D eigenvalue weighted by Gasteiger charge is -2.06. The lowest BCUT2D eigenvalue weighted by molar-refractivity contribution is 0.733. The third-order valence-electron chi connectivity index (χ3n) is 1.98. The molecule has 0 heterocycles. The van der Waals surface area contributed by atoms with Crippen molar-refractivity contribution in [1.29, 1.82) is 0 Å². The molecule has 1 rings (SSSR count). The van der Waals surface area contributed by atoms with Gasteiger partial charge in [-0.15, -0.1) is 0 Å². The van der Waals surface area contributed by atoms with Gasteiger partial charge in [-0.05, 0) is 17.9 Å². The van der Waals surface area contributed by atoms with Crippen molar-refractivity contribution in [3.8, 4) is 0 Å². The van der Waals surface area contributed by atoms with Crippen molar-refractivity contribution in [2.75, 3.05) is 0 Å². The minimum Gasteiger partial charge on any atom is -0.412 e. The van der Waals surface area contributed by atoms with Gasteiger partial charge >= 0.3 is 0 Å². The van der Waals surface area contributed by atoms with E-state index in [0.29, 0.717) is 5.92 Å². The maximum atomic E-state index is 2.26. The monoisotopic (exact) mass is 152 g/mol. The molecule has 1 aromatic carbocycles. The normalized spacial score (nSPS) is 11.8. The first-order valence-electron chi connectivity index (χ1n) is 3.89. The Hall–Kier alpha value is -0.820. The van der Waals surface area contributed by atoms with E-state index in [4.69, 9.17) is 0 Å². The van der Waals surface area contributed by atoms with Crippen LogP contribution < -0.4 is 0 Å². The lowest BCUT2D eigenvalue weighted by Crippen LogP contribution is -1.88. The Morgan fingerprint density at radius 2 is 1.73 bits per heavy atom. The van der Waals surface area contributed by atoms with E-state index in [1.165, 1.54) is 12.0 Å². The number of hydrogen-bond donors (Lipinski definition) is 0. The predicted molar refractivity (Wildman–Crippen MR) is 48.8 cm³/mol. The highest BCUT2D eigenvalue weighted by molar-refractivity contribution is 5.18. The predicted octanol–water partition coefficient (Wildman–Crippen LogP) is 2.38. The third-order valence-corrected chi connectivity index (χ3v) is 1.98. The van der Waals surface area contributed by atoms with Gasteiger partial charge in [0.25, 0.3) is 0 Å². The van der Waals surface area contributed by atoms with Crippen LogP contribution in [0.25, 0.3) is 0 Å². The van der Waals surface area contributed by atoms with E-state index in [0.717, 1.165) is 0 Å². The van der Waals surface area contributed by atoms with E-state index in [1.54, 1.807) is 0 Å². The molecule has 1 aromatic rings. The second-order valence-electron chi connectivity index (χ2n) is 2.72. The highest BCUT2D eigenvalue weighted by Crippen LogP contribution is 2.16. The molecule has 1 unspecified atom stereocenters. The van der Waals surface area contributed by atoms with E-state index in [-0.39, 0.29) is 5.48 Å². The molecular weight excluding hydrogens is 136 g/mol. The standard InChI is InChI=1S/C10H14.H2O/c1-3-9(2)10-7-5-4-6-8-10;/h4-9H,3H2,1-2H3;1H2. The maximum Gasteiger partial charge on any atom is -0.0193 e. The molecule has 1 atom stereocenters. The van der Waals surface area contributed by atoms with Gasteiger partial charge in [0, 0.05) is 0 Å². The Bertz CT molecular complexity index is 181. The molecule has 0 spiro atoms. The zero-order valence-electron chi connectivity index (χ0n) is 7.17. The molecule has 1 heteroatoms. The molecule has 0 aliphatic rings. The van der Waals surface area contributed by atoms with Crippen molar-refractivity contribution in [3.05, 3.63) is 35.9 Å².